The van der Waals surface area contributed by atoms with Crippen molar-refractivity contribution < 1.29 is 28.0 Å². The number of nitrogens with zero attached hydrogens (tertiary/aromatic N) is 1. The first-order valence-electron chi connectivity index (χ1n) is 7.22. The molecule has 0 heterocycles. The van der Waals surface area contributed by atoms with Crippen LogP contribution in [0.3, 0.4) is 0 Å². The van der Waals surface area contributed by atoms with Crippen LogP contribution in [-0.4, -0.2) is 29.2 Å². The molecular weight excluding hydrogens is 450 g/mol. The zero-order chi connectivity index (χ0) is 20.0. The highest BCUT2D eigenvalue weighted by molar-refractivity contribution is 9.10. The van der Waals surface area contributed by atoms with Gasteiger partial charge in [0, 0.05) is 11.0 Å². The van der Waals surface area contributed by atoms with Crippen LogP contribution in [0, 0.1) is 10.1 Å². The van der Waals surface area contributed by atoms with Crippen LogP contribution in [0.2, 0.25) is 0 Å². The highest BCUT2D eigenvalue weighted by Crippen LogP contribution is 2.31. The zero-order valence-electron chi connectivity index (χ0n) is 13.4. The van der Waals surface area contributed by atoms with E-state index in [-0.39, 0.29) is 38.1 Å². The fourth-order valence-corrected chi connectivity index (χ4v) is 2.94. The summed E-state index contributed by atoms with van der Waals surface area (Å²) in [5.74, 6) is -4.33. The van der Waals surface area contributed by atoms with E-state index in [1.165, 1.54) is 24.3 Å². The summed E-state index contributed by atoms with van der Waals surface area (Å²) in [6, 6.07) is 9.57. The minimum absolute atomic E-state index is 0.105. The smallest absolute Gasteiger partial charge is 0.338 e. The third-order valence-electron chi connectivity index (χ3n) is 3.09. The van der Waals surface area contributed by atoms with Gasteiger partial charge in [-0.05, 0) is 40.2 Å². The highest BCUT2D eigenvalue weighted by Gasteiger charge is 2.18. The number of esters is 1. The molecule has 0 aliphatic heterocycles. The number of benzene rings is 2. The first-order chi connectivity index (χ1) is 12.8. The monoisotopic (exact) mass is 460 g/mol. The van der Waals surface area contributed by atoms with E-state index in [1.807, 2.05) is 0 Å². The molecule has 0 aliphatic carbocycles. The molecular formula is C16H11BrF2N2O5S. The molecule has 142 valence electrons. The second-order valence-corrected chi connectivity index (χ2v) is 6.81. The van der Waals surface area contributed by atoms with E-state index in [0.29, 0.717) is 0 Å². The Balaban J connectivity index is 1.99. The van der Waals surface area contributed by atoms with E-state index >= 15 is 0 Å². The first-order valence-corrected chi connectivity index (χ1v) is 8.90. The molecule has 2 aromatic carbocycles. The number of hydrogen-bond donors (Lipinski definition) is 1. The Kier molecular flexibility index (Phi) is 7.25. The van der Waals surface area contributed by atoms with Crippen LogP contribution >= 0.6 is 27.7 Å². The van der Waals surface area contributed by atoms with Crippen molar-refractivity contribution in [3.8, 4) is 0 Å². The van der Waals surface area contributed by atoms with Gasteiger partial charge in [-0.1, -0.05) is 23.9 Å². The minimum atomic E-state index is -2.66. The minimum Gasteiger partial charge on any atom is -0.452 e. The summed E-state index contributed by atoms with van der Waals surface area (Å²) in [5, 5.41) is 13.3. The number of hydrogen-bond acceptors (Lipinski definition) is 6. The molecule has 0 unspecified atom stereocenters. The number of anilines is 1. The molecule has 0 radical (unpaired) electrons. The van der Waals surface area contributed by atoms with Gasteiger partial charge in [0.05, 0.1) is 20.6 Å². The zero-order valence-corrected chi connectivity index (χ0v) is 15.8. The maximum absolute atomic E-state index is 12.5. The van der Waals surface area contributed by atoms with Crippen molar-refractivity contribution in [2.45, 2.75) is 10.7 Å². The summed E-state index contributed by atoms with van der Waals surface area (Å²) in [4.78, 5) is 34.2. The van der Waals surface area contributed by atoms with Crippen molar-refractivity contribution in [1.29, 1.82) is 0 Å². The van der Waals surface area contributed by atoms with Crippen molar-refractivity contribution in [3.05, 3.63) is 62.6 Å². The Bertz CT molecular complexity index is 882. The summed E-state index contributed by atoms with van der Waals surface area (Å²) in [5.41, 5.74) is -0.277. The highest BCUT2D eigenvalue weighted by atomic mass is 79.9. The molecule has 0 atom stereocenters. The lowest BCUT2D eigenvalue weighted by Gasteiger charge is -2.10. The van der Waals surface area contributed by atoms with Crippen molar-refractivity contribution in [2.24, 2.45) is 0 Å². The number of rotatable bonds is 7. The lowest BCUT2D eigenvalue weighted by atomic mass is 10.2. The summed E-state index contributed by atoms with van der Waals surface area (Å²) < 4.78 is 30.1. The van der Waals surface area contributed by atoms with Crippen LogP contribution in [0.1, 0.15) is 10.4 Å². The molecule has 7 nitrogen and oxygen atoms in total. The van der Waals surface area contributed by atoms with E-state index in [4.69, 9.17) is 4.74 Å². The Labute approximate surface area is 164 Å². The van der Waals surface area contributed by atoms with Gasteiger partial charge in [-0.15, -0.1) is 0 Å². The fourth-order valence-electron chi connectivity index (χ4n) is 1.95. The lowest BCUT2D eigenvalue weighted by Crippen LogP contribution is -2.21. The molecule has 2 rings (SSSR count). The Morgan fingerprint density at radius 2 is 1.96 bits per heavy atom. The number of para-hydroxylation sites is 1. The van der Waals surface area contributed by atoms with Gasteiger partial charge in [0.15, 0.2) is 6.61 Å². The maximum Gasteiger partial charge on any atom is 0.338 e. The van der Waals surface area contributed by atoms with Crippen molar-refractivity contribution in [3.63, 3.8) is 0 Å². The summed E-state index contributed by atoms with van der Waals surface area (Å²) in [6.45, 7) is -0.684. The number of carbonyl (C=O) groups is 2. The molecule has 2 aromatic rings. The molecule has 0 aromatic heterocycles. The largest absolute Gasteiger partial charge is 0.452 e. The SMILES string of the molecule is O=C(COC(=O)c1ccc(Br)c([N+](=O)[O-])c1)Nc1ccccc1SC(F)F. The number of amides is 1. The number of nitrogens with one attached hydrogen (secondary N) is 1. The normalized spacial score (nSPS) is 10.5. The molecule has 0 fully saturated rings. The number of alkyl halides is 2. The maximum atomic E-state index is 12.5. The van der Waals surface area contributed by atoms with Crippen molar-refractivity contribution in [1.82, 2.24) is 0 Å². The van der Waals surface area contributed by atoms with Gasteiger partial charge in [-0.25, -0.2) is 4.79 Å². The summed E-state index contributed by atoms with van der Waals surface area (Å²) in [7, 11) is 0. The number of ether oxygens (including phenoxy) is 1. The van der Waals surface area contributed by atoms with E-state index in [2.05, 4.69) is 21.2 Å². The van der Waals surface area contributed by atoms with Crippen LogP contribution in [0.4, 0.5) is 20.2 Å². The van der Waals surface area contributed by atoms with Gasteiger partial charge in [0.25, 0.3) is 17.4 Å². The summed E-state index contributed by atoms with van der Waals surface area (Å²) in [6.07, 6.45) is 0. The molecule has 11 heteroatoms. The molecule has 0 bridgehead atoms. The van der Waals surface area contributed by atoms with Gasteiger partial charge in [0.2, 0.25) is 0 Å². The molecule has 1 N–H and O–H groups in total. The van der Waals surface area contributed by atoms with Gasteiger partial charge >= 0.3 is 5.97 Å². The van der Waals surface area contributed by atoms with E-state index in [9.17, 15) is 28.5 Å². The Morgan fingerprint density at radius 1 is 1.26 bits per heavy atom. The van der Waals surface area contributed by atoms with Crippen LogP contribution < -0.4 is 5.32 Å². The van der Waals surface area contributed by atoms with Crippen LogP contribution in [0.15, 0.2) is 51.8 Å². The van der Waals surface area contributed by atoms with Gasteiger partial charge in [-0.2, -0.15) is 8.78 Å². The third kappa shape index (κ3) is 6.00. The topological polar surface area (TPSA) is 98.5 Å². The van der Waals surface area contributed by atoms with Crippen LogP contribution in [-0.2, 0) is 9.53 Å². The average molecular weight is 461 g/mol. The number of nitro benzene ring substituents is 1. The third-order valence-corrected chi connectivity index (χ3v) is 4.55. The fraction of sp³-hybridized carbons (Fsp3) is 0.125. The predicted molar refractivity (Wildman–Crippen MR) is 98.0 cm³/mol. The molecule has 1 amide bonds. The second-order valence-electron chi connectivity index (χ2n) is 4.92. The van der Waals surface area contributed by atoms with Crippen molar-refractivity contribution >= 4 is 50.9 Å². The van der Waals surface area contributed by atoms with Crippen molar-refractivity contribution in [2.75, 3.05) is 11.9 Å². The standard InChI is InChI=1S/C16H11BrF2N2O5S/c17-10-6-5-9(7-12(10)21(24)25)15(23)26-8-14(22)20-11-3-1-2-4-13(11)27-16(18)19/h1-7,16H,8H2,(H,20,22). The molecule has 0 spiro atoms. The van der Waals surface area contributed by atoms with Gasteiger partial charge in [0.1, 0.15) is 0 Å². The molecule has 0 saturated carbocycles. The summed E-state index contributed by atoms with van der Waals surface area (Å²) >= 11 is 3.26. The van der Waals surface area contributed by atoms with Crippen LogP contribution in [0.25, 0.3) is 0 Å². The number of halogens is 3. The molecule has 0 aliphatic rings. The first kappa shape index (κ1) is 20.8. The average Bonchev–Trinajstić information content (AvgIpc) is 2.61. The molecule has 0 saturated heterocycles. The number of nitro groups is 1. The van der Waals surface area contributed by atoms with Crippen LogP contribution in [0.5, 0.6) is 0 Å². The van der Waals surface area contributed by atoms with Gasteiger partial charge < -0.3 is 10.1 Å². The van der Waals surface area contributed by atoms with Gasteiger partial charge in [-0.3, -0.25) is 14.9 Å². The second kappa shape index (κ2) is 9.42. The number of thioether (sulfide) groups is 1. The van der Waals surface area contributed by atoms with E-state index in [1.54, 1.807) is 12.1 Å². The van der Waals surface area contributed by atoms with E-state index in [0.717, 1.165) is 6.07 Å². The Hall–Kier alpha value is -2.53. The molecule has 27 heavy (non-hydrogen) atoms. The number of carbonyl (C=O) groups excluding carboxylic acids is 2. The predicted octanol–water partition coefficient (Wildman–Crippen LogP) is 4.47. The van der Waals surface area contributed by atoms with E-state index < -0.39 is 29.2 Å². The Morgan fingerprint density at radius 3 is 2.63 bits per heavy atom. The quantitative estimate of drug-likeness (QED) is 0.283. The lowest BCUT2D eigenvalue weighted by molar-refractivity contribution is -0.385.